The molecule has 0 aromatic heterocycles. The number of hydrogen-bond acceptors (Lipinski definition) is 6. The third-order valence-corrected chi connectivity index (χ3v) is 10.3. The Labute approximate surface area is 262 Å². The van der Waals surface area contributed by atoms with Crippen LogP contribution in [0.5, 0.6) is 17.2 Å². The van der Waals surface area contributed by atoms with E-state index in [1.54, 1.807) is 0 Å². The molecule has 1 unspecified atom stereocenters. The summed E-state index contributed by atoms with van der Waals surface area (Å²) in [6.07, 6.45) is 6.76. The molecule has 1 N–H and O–H groups in total. The van der Waals surface area contributed by atoms with Crippen molar-refractivity contribution < 1.29 is 23.3 Å². The maximum atomic E-state index is 13.5. The average molecular weight is 614 g/mol. The minimum atomic E-state index is -3.09. The zero-order valence-electron chi connectivity index (χ0n) is 25.7. The molecule has 0 amide bonds. The van der Waals surface area contributed by atoms with Crippen molar-refractivity contribution in [2.24, 2.45) is 0 Å². The van der Waals surface area contributed by atoms with Crippen molar-refractivity contribution in [3.8, 4) is 17.2 Å². The standard InChI is InChI=1S/C37H44NO5P/c1-2-43-44(39,36-14-7-4-8-15-36)30-42-35-18-16-31(17-19-35)28-37(24-9-10-25-37)38-26-11-27-40-33-20-22-34(23-21-33)41-29-32-12-5-3-6-13-32/h3-8,12-23,38H,2,9-11,24-30H2,1H3. The van der Waals surface area contributed by atoms with Crippen LogP contribution in [0.25, 0.3) is 0 Å². The average Bonchev–Trinajstić information content (AvgIpc) is 3.53. The Bertz CT molecular complexity index is 1440. The van der Waals surface area contributed by atoms with Gasteiger partial charge < -0.3 is 24.1 Å². The Kier molecular flexibility index (Phi) is 11.5. The summed E-state index contributed by atoms with van der Waals surface area (Å²) in [5.74, 6) is 2.39. The summed E-state index contributed by atoms with van der Waals surface area (Å²) in [5.41, 5.74) is 2.53. The van der Waals surface area contributed by atoms with Gasteiger partial charge in [0.1, 0.15) is 23.9 Å². The van der Waals surface area contributed by atoms with Crippen molar-refractivity contribution >= 4 is 12.7 Å². The van der Waals surface area contributed by atoms with E-state index in [4.69, 9.17) is 18.7 Å². The largest absolute Gasteiger partial charge is 0.494 e. The molecule has 0 bridgehead atoms. The Morgan fingerprint density at radius 2 is 1.30 bits per heavy atom. The smallest absolute Gasteiger partial charge is 0.268 e. The molecule has 232 valence electrons. The van der Waals surface area contributed by atoms with Gasteiger partial charge in [-0.2, -0.15) is 0 Å². The van der Waals surface area contributed by atoms with Crippen molar-refractivity contribution in [3.05, 3.63) is 120 Å². The minimum absolute atomic E-state index is 0.0178. The molecule has 7 heteroatoms. The summed E-state index contributed by atoms with van der Waals surface area (Å²) >= 11 is 0. The van der Waals surface area contributed by atoms with E-state index in [1.807, 2.05) is 91.9 Å². The van der Waals surface area contributed by atoms with Gasteiger partial charge in [0, 0.05) is 10.8 Å². The lowest BCUT2D eigenvalue weighted by atomic mass is 9.89. The second-order valence-electron chi connectivity index (χ2n) is 11.4. The molecule has 1 saturated carbocycles. The monoisotopic (exact) mass is 613 g/mol. The van der Waals surface area contributed by atoms with Crippen LogP contribution in [0, 0.1) is 0 Å². The highest BCUT2D eigenvalue weighted by atomic mass is 31.2. The Hall–Kier alpha value is -3.57. The lowest BCUT2D eigenvalue weighted by Gasteiger charge is -2.31. The van der Waals surface area contributed by atoms with Crippen LogP contribution in [-0.4, -0.2) is 31.6 Å². The number of benzene rings is 4. The van der Waals surface area contributed by atoms with E-state index in [0.717, 1.165) is 36.4 Å². The van der Waals surface area contributed by atoms with Gasteiger partial charge in [-0.1, -0.05) is 73.5 Å². The van der Waals surface area contributed by atoms with Crippen molar-refractivity contribution in [1.82, 2.24) is 5.32 Å². The van der Waals surface area contributed by atoms with Gasteiger partial charge in [0.25, 0.3) is 7.37 Å². The molecular weight excluding hydrogens is 569 g/mol. The predicted octanol–water partition coefficient (Wildman–Crippen LogP) is 8.16. The van der Waals surface area contributed by atoms with Crippen LogP contribution >= 0.6 is 7.37 Å². The van der Waals surface area contributed by atoms with Gasteiger partial charge in [-0.25, -0.2) is 0 Å². The van der Waals surface area contributed by atoms with Crippen molar-refractivity contribution in [2.75, 3.05) is 26.1 Å². The molecule has 0 heterocycles. The molecule has 6 nitrogen and oxygen atoms in total. The maximum absolute atomic E-state index is 13.5. The second kappa shape index (κ2) is 15.9. The summed E-state index contributed by atoms with van der Waals surface area (Å²) < 4.78 is 37.0. The van der Waals surface area contributed by atoms with E-state index >= 15 is 0 Å². The van der Waals surface area contributed by atoms with Gasteiger partial charge >= 0.3 is 0 Å². The van der Waals surface area contributed by atoms with Crippen LogP contribution in [0.1, 0.15) is 50.2 Å². The number of nitrogens with one attached hydrogen (secondary N) is 1. The topological polar surface area (TPSA) is 66.0 Å². The van der Waals surface area contributed by atoms with E-state index in [1.165, 1.54) is 31.2 Å². The first-order valence-corrected chi connectivity index (χ1v) is 17.5. The van der Waals surface area contributed by atoms with Crippen LogP contribution in [0.15, 0.2) is 109 Å². The van der Waals surface area contributed by atoms with E-state index in [-0.39, 0.29) is 11.9 Å². The van der Waals surface area contributed by atoms with Gasteiger partial charge in [0.05, 0.1) is 13.2 Å². The van der Waals surface area contributed by atoms with Gasteiger partial charge in [0.15, 0.2) is 6.35 Å². The van der Waals surface area contributed by atoms with Crippen LogP contribution in [0.4, 0.5) is 0 Å². The van der Waals surface area contributed by atoms with E-state index in [0.29, 0.717) is 30.9 Å². The quantitative estimate of drug-likeness (QED) is 0.0958. The second-order valence-corrected chi connectivity index (χ2v) is 13.8. The molecule has 0 saturated heterocycles. The Morgan fingerprint density at radius 3 is 1.95 bits per heavy atom. The summed E-state index contributed by atoms with van der Waals surface area (Å²) in [6, 6.07) is 35.6. The summed E-state index contributed by atoms with van der Waals surface area (Å²) in [7, 11) is -3.09. The highest BCUT2D eigenvalue weighted by Crippen LogP contribution is 2.45. The van der Waals surface area contributed by atoms with Crippen LogP contribution in [0.2, 0.25) is 0 Å². The van der Waals surface area contributed by atoms with Gasteiger partial charge in [0.2, 0.25) is 0 Å². The van der Waals surface area contributed by atoms with Gasteiger partial charge in [-0.15, -0.1) is 0 Å². The third-order valence-electron chi connectivity index (χ3n) is 8.08. The van der Waals surface area contributed by atoms with Crippen LogP contribution < -0.4 is 24.8 Å². The van der Waals surface area contributed by atoms with Gasteiger partial charge in [-0.3, -0.25) is 4.57 Å². The van der Waals surface area contributed by atoms with Crippen molar-refractivity contribution in [1.29, 1.82) is 0 Å². The Morgan fingerprint density at radius 1 is 0.705 bits per heavy atom. The summed E-state index contributed by atoms with van der Waals surface area (Å²) in [6.45, 7) is 4.35. The molecule has 0 radical (unpaired) electrons. The lowest BCUT2D eigenvalue weighted by Crippen LogP contribution is -2.45. The minimum Gasteiger partial charge on any atom is -0.494 e. The SMILES string of the molecule is CCOP(=O)(COc1ccc(CC2(NCCCOc3ccc(OCc4ccccc4)cc3)CCCC2)cc1)c1ccccc1. The predicted molar refractivity (Wildman–Crippen MR) is 177 cm³/mol. The van der Waals surface area contributed by atoms with Crippen LogP contribution in [0.3, 0.4) is 0 Å². The number of rotatable bonds is 17. The third kappa shape index (κ3) is 9.22. The first-order chi connectivity index (χ1) is 21.6. The highest BCUT2D eigenvalue weighted by Gasteiger charge is 2.33. The maximum Gasteiger partial charge on any atom is 0.268 e. The van der Waals surface area contributed by atoms with E-state index in [2.05, 4.69) is 29.6 Å². The molecule has 1 fully saturated rings. The fraction of sp³-hybridized carbons (Fsp3) is 0.351. The molecule has 1 aliphatic carbocycles. The zero-order valence-corrected chi connectivity index (χ0v) is 26.6. The molecule has 0 aliphatic heterocycles. The first-order valence-electron chi connectivity index (χ1n) is 15.7. The molecule has 5 rings (SSSR count). The van der Waals surface area contributed by atoms with Gasteiger partial charge in [-0.05, 0) is 98.8 Å². The molecule has 1 aliphatic rings. The summed E-state index contributed by atoms with van der Waals surface area (Å²) in [5, 5.41) is 4.56. The van der Waals surface area contributed by atoms with E-state index < -0.39 is 7.37 Å². The Balaban J connectivity index is 1.05. The number of hydrogen-bond donors (Lipinski definition) is 1. The zero-order chi connectivity index (χ0) is 30.5. The van der Waals surface area contributed by atoms with E-state index in [9.17, 15) is 4.57 Å². The lowest BCUT2D eigenvalue weighted by molar-refractivity contribution is 0.279. The van der Waals surface area contributed by atoms with Crippen molar-refractivity contribution in [2.45, 2.75) is 57.6 Å². The number of ether oxygens (including phenoxy) is 3. The fourth-order valence-corrected chi connectivity index (χ4v) is 7.50. The summed E-state index contributed by atoms with van der Waals surface area (Å²) in [4.78, 5) is 0. The normalized spacial score (nSPS) is 15.4. The molecule has 0 spiro atoms. The molecule has 4 aromatic rings. The molecule has 44 heavy (non-hydrogen) atoms. The van der Waals surface area contributed by atoms with Crippen LogP contribution in [-0.2, 0) is 22.1 Å². The molecular formula is C37H44NO5P. The first kappa shape index (κ1) is 31.8. The molecule has 4 aromatic carbocycles. The highest BCUT2D eigenvalue weighted by molar-refractivity contribution is 7.66. The van der Waals surface area contributed by atoms with Crippen molar-refractivity contribution in [3.63, 3.8) is 0 Å². The molecule has 1 atom stereocenters. The fourth-order valence-electron chi connectivity index (χ4n) is 5.76.